The van der Waals surface area contributed by atoms with Crippen LogP contribution in [0.4, 0.5) is 18.9 Å². The normalized spacial score (nSPS) is 14.1. The van der Waals surface area contributed by atoms with E-state index >= 15 is 0 Å². The molecule has 3 aromatic rings. The topological polar surface area (TPSA) is 64.7 Å². The van der Waals surface area contributed by atoms with Crippen molar-refractivity contribution in [2.75, 3.05) is 5.32 Å². The number of halogens is 4. The number of hydrogen-bond acceptors (Lipinski definition) is 3. The van der Waals surface area contributed by atoms with Gasteiger partial charge in [-0.1, -0.05) is 34.5 Å². The molecule has 0 bridgehead atoms. The fourth-order valence-electron chi connectivity index (χ4n) is 4.32. The highest BCUT2D eigenvalue weighted by molar-refractivity contribution is 9.10. The summed E-state index contributed by atoms with van der Waals surface area (Å²) in [5.41, 5.74) is 2.96. The van der Waals surface area contributed by atoms with Gasteiger partial charge in [0.1, 0.15) is 6.54 Å². The number of nitrogens with zero attached hydrogens (tertiary/aromatic N) is 4. The van der Waals surface area contributed by atoms with Gasteiger partial charge in [0.05, 0.1) is 23.6 Å². The van der Waals surface area contributed by atoms with E-state index in [1.54, 1.807) is 11.6 Å². The van der Waals surface area contributed by atoms with E-state index in [1.165, 1.54) is 4.68 Å². The second-order valence-electron chi connectivity index (χ2n) is 8.37. The predicted octanol–water partition coefficient (Wildman–Crippen LogP) is 5.43. The summed E-state index contributed by atoms with van der Waals surface area (Å²) in [6.07, 6.45) is -1.34. The average molecular weight is 524 g/mol. The Morgan fingerprint density at radius 3 is 2.45 bits per heavy atom. The third-order valence-corrected chi connectivity index (χ3v) is 6.49. The quantitative estimate of drug-likeness (QED) is 0.453. The molecule has 0 radical (unpaired) electrons. The standard InChI is InChI=1S/C23H25BrF3N5O/c1-14-21(15(2)31(29-14)12-16-8-10-17(24)11-9-16)28-20(33)13-32-19-7-5-3-4-6-18(19)22(30-32)23(25,26)27/h8-11H,3-7,12-13H2,1-2H3,(H,28,33). The number of hydrogen-bond donors (Lipinski definition) is 1. The monoisotopic (exact) mass is 523 g/mol. The second kappa shape index (κ2) is 9.32. The maximum absolute atomic E-state index is 13.5. The van der Waals surface area contributed by atoms with Crippen molar-refractivity contribution in [3.05, 3.63) is 62.6 Å². The summed E-state index contributed by atoms with van der Waals surface area (Å²) in [6, 6.07) is 7.87. The minimum atomic E-state index is -4.53. The molecule has 0 saturated heterocycles. The SMILES string of the molecule is Cc1nn(Cc2ccc(Br)cc2)c(C)c1NC(=O)Cn1nc(C(F)(F)F)c2c1CCCCC2. The molecular formula is C23H25BrF3N5O. The summed E-state index contributed by atoms with van der Waals surface area (Å²) in [6.45, 7) is 3.92. The van der Waals surface area contributed by atoms with Crippen LogP contribution in [-0.2, 0) is 36.9 Å². The van der Waals surface area contributed by atoms with Crippen LogP contribution in [0.25, 0.3) is 0 Å². The lowest BCUT2D eigenvalue weighted by atomic mass is 10.1. The number of carbonyl (C=O) groups excluding carboxylic acids is 1. The number of aryl methyl sites for hydroxylation is 1. The number of carbonyl (C=O) groups is 1. The van der Waals surface area contributed by atoms with Gasteiger partial charge in [-0.15, -0.1) is 0 Å². The minimum Gasteiger partial charge on any atom is -0.321 e. The van der Waals surface area contributed by atoms with Crippen molar-refractivity contribution >= 4 is 27.5 Å². The van der Waals surface area contributed by atoms with Crippen molar-refractivity contribution in [2.45, 2.75) is 65.2 Å². The van der Waals surface area contributed by atoms with Crippen molar-refractivity contribution in [2.24, 2.45) is 0 Å². The zero-order valence-electron chi connectivity index (χ0n) is 18.5. The van der Waals surface area contributed by atoms with Gasteiger partial charge >= 0.3 is 6.18 Å². The van der Waals surface area contributed by atoms with Crippen molar-refractivity contribution in [1.82, 2.24) is 19.6 Å². The van der Waals surface area contributed by atoms with E-state index in [-0.39, 0.29) is 12.1 Å². The molecule has 1 amide bonds. The molecule has 0 fully saturated rings. The predicted molar refractivity (Wildman–Crippen MR) is 122 cm³/mol. The number of rotatable bonds is 5. The van der Waals surface area contributed by atoms with Crippen molar-refractivity contribution in [1.29, 1.82) is 0 Å². The lowest BCUT2D eigenvalue weighted by Gasteiger charge is -2.10. The number of fused-ring (bicyclic) bond motifs is 1. The molecule has 2 heterocycles. The summed E-state index contributed by atoms with van der Waals surface area (Å²) in [4.78, 5) is 12.8. The second-order valence-corrected chi connectivity index (χ2v) is 9.28. The first-order valence-electron chi connectivity index (χ1n) is 10.9. The molecular weight excluding hydrogens is 499 g/mol. The summed E-state index contributed by atoms with van der Waals surface area (Å²) in [5, 5.41) is 11.2. The summed E-state index contributed by atoms with van der Waals surface area (Å²) in [5.74, 6) is -0.423. The molecule has 176 valence electrons. The Morgan fingerprint density at radius 1 is 1.06 bits per heavy atom. The van der Waals surface area contributed by atoms with Gasteiger partial charge in [-0.25, -0.2) is 0 Å². The smallest absolute Gasteiger partial charge is 0.321 e. The van der Waals surface area contributed by atoms with Crippen molar-refractivity contribution in [3.8, 4) is 0 Å². The zero-order valence-corrected chi connectivity index (χ0v) is 20.1. The van der Waals surface area contributed by atoms with Gasteiger partial charge < -0.3 is 5.32 Å². The Morgan fingerprint density at radius 2 is 1.76 bits per heavy atom. The molecule has 0 saturated carbocycles. The molecule has 0 aliphatic heterocycles. The number of amides is 1. The molecule has 1 aromatic carbocycles. The van der Waals surface area contributed by atoms with Crippen molar-refractivity contribution < 1.29 is 18.0 Å². The lowest BCUT2D eigenvalue weighted by molar-refractivity contribution is -0.142. The van der Waals surface area contributed by atoms with Crippen molar-refractivity contribution in [3.63, 3.8) is 0 Å². The van der Waals surface area contributed by atoms with E-state index in [0.717, 1.165) is 28.6 Å². The van der Waals surface area contributed by atoms with E-state index in [9.17, 15) is 18.0 Å². The number of nitrogens with one attached hydrogen (secondary N) is 1. The molecule has 6 nitrogen and oxygen atoms in total. The first kappa shape index (κ1) is 23.5. The maximum atomic E-state index is 13.5. The lowest BCUT2D eigenvalue weighted by Crippen LogP contribution is -2.22. The first-order valence-corrected chi connectivity index (χ1v) is 11.7. The Hall–Kier alpha value is -2.62. The molecule has 1 N–H and O–H groups in total. The highest BCUT2D eigenvalue weighted by Gasteiger charge is 2.39. The van der Waals surface area contributed by atoms with Crippen LogP contribution >= 0.6 is 15.9 Å². The van der Waals surface area contributed by atoms with Crippen LogP contribution in [0.5, 0.6) is 0 Å². The fourth-order valence-corrected chi connectivity index (χ4v) is 4.58. The molecule has 33 heavy (non-hydrogen) atoms. The Bertz CT molecular complexity index is 1160. The molecule has 0 spiro atoms. The van der Waals surface area contributed by atoms with Crippen LogP contribution in [0.2, 0.25) is 0 Å². The van der Waals surface area contributed by atoms with E-state index in [2.05, 4.69) is 31.4 Å². The van der Waals surface area contributed by atoms with Gasteiger partial charge in [-0.2, -0.15) is 23.4 Å². The molecule has 0 unspecified atom stereocenters. The van der Waals surface area contributed by atoms with Crippen LogP contribution in [0.3, 0.4) is 0 Å². The van der Waals surface area contributed by atoms with Crippen LogP contribution in [0.15, 0.2) is 28.7 Å². The number of benzene rings is 1. The molecule has 0 atom stereocenters. The Labute approximate surface area is 198 Å². The Kier molecular flexibility index (Phi) is 6.65. The van der Waals surface area contributed by atoms with Crippen LogP contribution in [0.1, 0.15) is 53.2 Å². The van der Waals surface area contributed by atoms with E-state index < -0.39 is 17.8 Å². The molecule has 1 aliphatic carbocycles. The van der Waals surface area contributed by atoms with Crippen LogP contribution in [-0.4, -0.2) is 25.5 Å². The number of anilines is 1. The maximum Gasteiger partial charge on any atom is 0.435 e. The van der Waals surface area contributed by atoms with Gasteiger partial charge in [0, 0.05) is 15.7 Å². The highest BCUT2D eigenvalue weighted by Crippen LogP contribution is 2.35. The summed E-state index contributed by atoms with van der Waals surface area (Å²) < 4.78 is 44.6. The van der Waals surface area contributed by atoms with E-state index in [1.807, 2.05) is 31.2 Å². The van der Waals surface area contributed by atoms with Crippen LogP contribution in [0, 0.1) is 13.8 Å². The third kappa shape index (κ3) is 5.15. The first-order chi connectivity index (χ1) is 15.6. The van der Waals surface area contributed by atoms with Gasteiger partial charge in [-0.3, -0.25) is 14.2 Å². The van der Waals surface area contributed by atoms with Gasteiger partial charge in [0.25, 0.3) is 0 Å². The number of aromatic nitrogens is 4. The molecule has 10 heteroatoms. The van der Waals surface area contributed by atoms with Gasteiger partial charge in [-0.05, 0) is 57.2 Å². The van der Waals surface area contributed by atoms with Gasteiger partial charge in [0.15, 0.2) is 5.69 Å². The molecule has 1 aliphatic rings. The minimum absolute atomic E-state index is 0.238. The average Bonchev–Trinajstić information content (AvgIpc) is 3.09. The van der Waals surface area contributed by atoms with Crippen LogP contribution < -0.4 is 5.32 Å². The molecule has 2 aromatic heterocycles. The van der Waals surface area contributed by atoms with E-state index in [4.69, 9.17) is 0 Å². The number of alkyl halides is 3. The highest BCUT2D eigenvalue weighted by atomic mass is 79.9. The van der Waals surface area contributed by atoms with Gasteiger partial charge in [0.2, 0.25) is 5.91 Å². The third-order valence-electron chi connectivity index (χ3n) is 5.96. The summed E-state index contributed by atoms with van der Waals surface area (Å²) in [7, 11) is 0. The zero-order chi connectivity index (χ0) is 23.8. The molecule has 4 rings (SSSR count). The summed E-state index contributed by atoms with van der Waals surface area (Å²) >= 11 is 3.42. The van der Waals surface area contributed by atoms with E-state index in [0.29, 0.717) is 42.9 Å². The largest absolute Gasteiger partial charge is 0.435 e. The Balaban J connectivity index is 1.53. The fraction of sp³-hybridized carbons (Fsp3) is 0.435.